The minimum absolute atomic E-state index is 0.265. The molecular weight excluding hydrogens is 196 g/mol. The van der Waals surface area contributed by atoms with Gasteiger partial charge in [0.2, 0.25) is 9.93 Å². The van der Waals surface area contributed by atoms with Crippen molar-refractivity contribution in [2.45, 2.75) is 0 Å². The van der Waals surface area contributed by atoms with E-state index in [9.17, 15) is 4.79 Å². The first kappa shape index (κ1) is 9.14. The average molecular weight is 204 g/mol. The topological polar surface area (TPSA) is 66.4 Å². The van der Waals surface area contributed by atoms with Gasteiger partial charge in [0.05, 0.1) is 0 Å². The SMILES string of the molecule is CN=c1nc(NC(=O)NC)ss1. The molecule has 0 spiro atoms. The second-order valence-electron chi connectivity index (χ2n) is 1.79. The van der Waals surface area contributed by atoms with Gasteiger partial charge in [0.25, 0.3) is 0 Å². The molecule has 0 atom stereocenters. The van der Waals surface area contributed by atoms with E-state index >= 15 is 0 Å². The number of hydrogen-bond acceptors (Lipinski definition) is 5. The minimum Gasteiger partial charge on any atom is -0.341 e. The zero-order chi connectivity index (χ0) is 8.97. The molecule has 0 unspecified atom stereocenters. The maximum absolute atomic E-state index is 10.8. The van der Waals surface area contributed by atoms with Crippen LogP contribution in [0.25, 0.3) is 0 Å². The van der Waals surface area contributed by atoms with E-state index in [0.29, 0.717) is 9.93 Å². The van der Waals surface area contributed by atoms with Crippen LogP contribution >= 0.6 is 20.7 Å². The van der Waals surface area contributed by atoms with Crippen molar-refractivity contribution in [3.63, 3.8) is 0 Å². The summed E-state index contributed by atoms with van der Waals surface area (Å²) >= 11 is 0. The highest BCUT2D eigenvalue weighted by molar-refractivity contribution is 7.69. The predicted molar refractivity (Wildman–Crippen MR) is 49.6 cm³/mol. The van der Waals surface area contributed by atoms with Crippen LogP contribution in [0.4, 0.5) is 9.93 Å². The van der Waals surface area contributed by atoms with E-state index in [1.54, 1.807) is 14.1 Å². The Bertz CT molecular complexity index is 328. The lowest BCUT2D eigenvalue weighted by atomic mass is 10.9. The fourth-order valence-electron chi connectivity index (χ4n) is 0.497. The van der Waals surface area contributed by atoms with Crippen molar-refractivity contribution < 1.29 is 4.79 Å². The third kappa shape index (κ3) is 2.28. The molecule has 5 nitrogen and oxygen atoms in total. The molecule has 12 heavy (non-hydrogen) atoms. The van der Waals surface area contributed by atoms with Gasteiger partial charge in [-0.3, -0.25) is 10.3 Å². The average Bonchev–Trinajstić information content (AvgIpc) is 2.52. The monoisotopic (exact) mass is 204 g/mol. The van der Waals surface area contributed by atoms with Crippen molar-refractivity contribution in [3.8, 4) is 0 Å². The van der Waals surface area contributed by atoms with E-state index in [4.69, 9.17) is 0 Å². The lowest BCUT2D eigenvalue weighted by Gasteiger charge is -1.96. The highest BCUT2D eigenvalue weighted by Gasteiger charge is 2.01. The first-order valence-electron chi connectivity index (χ1n) is 3.15. The van der Waals surface area contributed by atoms with E-state index in [0.717, 1.165) is 0 Å². The van der Waals surface area contributed by atoms with Gasteiger partial charge in [0, 0.05) is 14.1 Å². The number of urea groups is 1. The zero-order valence-electron chi connectivity index (χ0n) is 6.62. The van der Waals surface area contributed by atoms with E-state index in [1.165, 1.54) is 20.7 Å². The highest BCUT2D eigenvalue weighted by Crippen LogP contribution is 2.11. The fourth-order valence-corrected chi connectivity index (χ4v) is 2.20. The maximum Gasteiger partial charge on any atom is 0.320 e. The van der Waals surface area contributed by atoms with Crippen LogP contribution in [0.3, 0.4) is 0 Å². The Kier molecular flexibility index (Phi) is 3.18. The summed E-state index contributed by atoms with van der Waals surface area (Å²) in [6, 6.07) is -0.265. The van der Waals surface area contributed by atoms with Gasteiger partial charge in [-0.1, -0.05) is 0 Å². The number of hydrogen-bond donors (Lipinski definition) is 2. The third-order valence-corrected chi connectivity index (χ3v) is 3.06. The lowest BCUT2D eigenvalue weighted by Crippen LogP contribution is -2.24. The van der Waals surface area contributed by atoms with Crippen LogP contribution in [-0.2, 0) is 0 Å². The largest absolute Gasteiger partial charge is 0.341 e. The Morgan fingerprint density at radius 2 is 2.33 bits per heavy atom. The first-order chi connectivity index (χ1) is 5.76. The molecule has 66 valence electrons. The van der Waals surface area contributed by atoms with Gasteiger partial charge in [-0.15, -0.1) is 0 Å². The van der Waals surface area contributed by atoms with E-state index in [1.807, 2.05) is 0 Å². The summed E-state index contributed by atoms with van der Waals surface area (Å²) in [5.74, 6) is 0. The van der Waals surface area contributed by atoms with Crippen molar-refractivity contribution in [1.82, 2.24) is 10.3 Å². The van der Waals surface area contributed by atoms with Crippen molar-refractivity contribution in [1.29, 1.82) is 0 Å². The molecule has 0 bridgehead atoms. The summed E-state index contributed by atoms with van der Waals surface area (Å²) < 4.78 is 0. The summed E-state index contributed by atoms with van der Waals surface area (Å²) in [7, 11) is 6.02. The van der Waals surface area contributed by atoms with E-state index in [-0.39, 0.29) is 6.03 Å². The van der Waals surface area contributed by atoms with Crippen LogP contribution in [0.2, 0.25) is 0 Å². The molecule has 2 amide bonds. The van der Waals surface area contributed by atoms with Crippen molar-refractivity contribution in [3.05, 3.63) is 4.80 Å². The van der Waals surface area contributed by atoms with Gasteiger partial charge >= 0.3 is 6.03 Å². The molecule has 0 aromatic carbocycles. The Balaban J connectivity index is 2.71. The summed E-state index contributed by atoms with van der Waals surface area (Å²) in [5, 5.41) is 5.55. The van der Waals surface area contributed by atoms with Crippen LogP contribution in [-0.4, -0.2) is 25.1 Å². The molecule has 0 aliphatic rings. The normalized spacial score (nSPS) is 11.3. The van der Waals surface area contributed by atoms with E-state index < -0.39 is 0 Å². The van der Waals surface area contributed by atoms with Gasteiger partial charge in [0.15, 0.2) is 0 Å². The smallest absolute Gasteiger partial charge is 0.320 e. The van der Waals surface area contributed by atoms with Crippen molar-refractivity contribution >= 4 is 31.8 Å². The summed E-state index contributed by atoms with van der Waals surface area (Å²) in [6.07, 6.45) is 0. The molecule has 0 aliphatic carbocycles. The molecule has 1 aromatic heterocycles. The lowest BCUT2D eigenvalue weighted by molar-refractivity contribution is 0.254. The van der Waals surface area contributed by atoms with Gasteiger partial charge in [-0.05, 0) is 20.7 Å². The van der Waals surface area contributed by atoms with Crippen molar-refractivity contribution in [2.75, 3.05) is 19.4 Å². The number of anilines is 1. The molecular formula is C5H8N4OS2. The fraction of sp³-hybridized carbons (Fsp3) is 0.400. The summed E-state index contributed by atoms with van der Waals surface area (Å²) in [4.78, 5) is 19.4. The molecule has 0 saturated carbocycles. The molecule has 0 radical (unpaired) electrons. The highest BCUT2D eigenvalue weighted by atomic mass is 32.9. The summed E-state index contributed by atoms with van der Waals surface area (Å²) in [5.41, 5.74) is 0. The molecule has 1 heterocycles. The van der Waals surface area contributed by atoms with Gasteiger partial charge < -0.3 is 5.32 Å². The zero-order valence-corrected chi connectivity index (χ0v) is 8.25. The molecule has 0 saturated heterocycles. The summed E-state index contributed by atoms with van der Waals surface area (Å²) in [6.45, 7) is 0. The molecule has 1 aromatic rings. The van der Waals surface area contributed by atoms with Gasteiger partial charge in [-0.25, -0.2) is 4.79 Å². The Labute approximate surface area is 76.6 Å². The number of rotatable bonds is 1. The Hall–Kier alpha value is -0.950. The Morgan fingerprint density at radius 1 is 1.58 bits per heavy atom. The molecule has 2 N–H and O–H groups in total. The second kappa shape index (κ2) is 4.17. The number of amides is 2. The molecule has 7 heteroatoms. The van der Waals surface area contributed by atoms with Crippen molar-refractivity contribution in [2.24, 2.45) is 4.99 Å². The Morgan fingerprint density at radius 3 is 2.83 bits per heavy atom. The molecule has 0 aliphatic heterocycles. The maximum atomic E-state index is 10.8. The van der Waals surface area contributed by atoms with Crippen LogP contribution in [0.15, 0.2) is 4.99 Å². The van der Waals surface area contributed by atoms with Crippen LogP contribution in [0.1, 0.15) is 0 Å². The van der Waals surface area contributed by atoms with Gasteiger partial charge in [-0.2, -0.15) is 4.98 Å². The third-order valence-electron chi connectivity index (χ3n) is 1.03. The van der Waals surface area contributed by atoms with E-state index in [2.05, 4.69) is 20.6 Å². The van der Waals surface area contributed by atoms with Crippen LogP contribution in [0.5, 0.6) is 0 Å². The first-order valence-corrected chi connectivity index (χ1v) is 5.30. The van der Waals surface area contributed by atoms with Crippen LogP contribution in [0, 0.1) is 0 Å². The molecule has 0 fully saturated rings. The van der Waals surface area contributed by atoms with Crippen LogP contribution < -0.4 is 15.4 Å². The second-order valence-corrected chi connectivity index (χ2v) is 3.88. The number of carbonyl (C=O) groups is 1. The molecule has 1 rings (SSSR count). The predicted octanol–water partition coefficient (Wildman–Crippen LogP) is 0.486. The number of aromatic nitrogens is 1. The number of carbonyl (C=O) groups excluding carboxylic acids is 1. The minimum atomic E-state index is -0.265. The standard InChI is InChI=1S/C5H8N4OS2/c1-6-3(10)8-5-9-4(7-2)11-12-5/h1-2H3,(H2,6,7,8,9,10). The number of nitrogens with zero attached hydrogens (tertiary/aromatic N) is 2. The van der Waals surface area contributed by atoms with Gasteiger partial charge in [0.1, 0.15) is 0 Å². The quantitative estimate of drug-likeness (QED) is 0.654. The number of nitrogens with one attached hydrogen (secondary N) is 2.